The lowest BCUT2D eigenvalue weighted by Gasteiger charge is -2.02. The number of benzene rings is 1. The number of aliphatic hydroxyl groups excluding tert-OH is 1. The standard InChI is InChI=1S/C12H14ClN3O/c1-2-12(17)11-8-16(15-14-11)7-9-4-3-5-10(13)6-9/h3-6,8,12,17H,2,7H2,1H3. The summed E-state index contributed by atoms with van der Waals surface area (Å²) in [4.78, 5) is 0. The van der Waals surface area contributed by atoms with E-state index in [2.05, 4.69) is 10.3 Å². The molecule has 0 aliphatic carbocycles. The van der Waals surface area contributed by atoms with Crippen molar-refractivity contribution < 1.29 is 5.11 Å². The first-order valence-electron chi connectivity index (χ1n) is 5.51. The minimum absolute atomic E-state index is 0.539. The summed E-state index contributed by atoms with van der Waals surface area (Å²) in [5.74, 6) is 0. The van der Waals surface area contributed by atoms with Gasteiger partial charge < -0.3 is 5.11 Å². The maximum absolute atomic E-state index is 9.62. The van der Waals surface area contributed by atoms with Crippen molar-refractivity contribution in [3.05, 3.63) is 46.7 Å². The lowest BCUT2D eigenvalue weighted by molar-refractivity contribution is 0.168. The molecule has 2 rings (SSSR count). The van der Waals surface area contributed by atoms with Crippen LogP contribution in [0.5, 0.6) is 0 Å². The Kier molecular flexibility index (Phi) is 3.76. The lowest BCUT2D eigenvalue weighted by Crippen LogP contribution is -2.00. The van der Waals surface area contributed by atoms with E-state index in [0.29, 0.717) is 23.7 Å². The molecule has 90 valence electrons. The van der Waals surface area contributed by atoms with Crippen LogP contribution in [0.25, 0.3) is 0 Å². The number of halogens is 1. The Morgan fingerprint density at radius 2 is 2.29 bits per heavy atom. The second kappa shape index (κ2) is 5.29. The van der Waals surface area contributed by atoms with E-state index in [4.69, 9.17) is 11.6 Å². The minimum Gasteiger partial charge on any atom is -0.387 e. The molecule has 1 unspecified atom stereocenters. The van der Waals surface area contributed by atoms with Gasteiger partial charge in [0.2, 0.25) is 0 Å². The largest absolute Gasteiger partial charge is 0.387 e. The Balaban J connectivity index is 2.11. The Labute approximate surface area is 105 Å². The number of nitrogens with zero attached hydrogens (tertiary/aromatic N) is 3. The number of aliphatic hydroxyl groups is 1. The van der Waals surface area contributed by atoms with Crippen LogP contribution in [0, 0.1) is 0 Å². The van der Waals surface area contributed by atoms with Crippen LogP contribution >= 0.6 is 11.6 Å². The molecular formula is C12H14ClN3O. The van der Waals surface area contributed by atoms with Gasteiger partial charge in [0.25, 0.3) is 0 Å². The van der Waals surface area contributed by atoms with Crippen molar-refractivity contribution >= 4 is 11.6 Å². The molecule has 0 amide bonds. The number of hydrogen-bond donors (Lipinski definition) is 1. The minimum atomic E-state index is -0.539. The van der Waals surface area contributed by atoms with Crippen LogP contribution in [-0.2, 0) is 6.54 Å². The highest BCUT2D eigenvalue weighted by Crippen LogP contribution is 2.14. The van der Waals surface area contributed by atoms with E-state index in [1.165, 1.54) is 0 Å². The lowest BCUT2D eigenvalue weighted by atomic mass is 10.2. The number of aromatic nitrogens is 3. The SMILES string of the molecule is CCC(O)c1cn(Cc2cccc(Cl)c2)nn1. The monoisotopic (exact) mass is 251 g/mol. The zero-order valence-corrected chi connectivity index (χ0v) is 10.3. The zero-order chi connectivity index (χ0) is 12.3. The third-order valence-corrected chi connectivity index (χ3v) is 2.75. The predicted octanol–water partition coefficient (Wildman–Crippen LogP) is 2.42. The van der Waals surface area contributed by atoms with Gasteiger partial charge in [-0.05, 0) is 24.1 Å². The molecule has 0 spiro atoms. The summed E-state index contributed by atoms with van der Waals surface area (Å²) in [7, 11) is 0. The van der Waals surface area contributed by atoms with Crippen LogP contribution in [0.4, 0.5) is 0 Å². The fourth-order valence-electron chi connectivity index (χ4n) is 1.57. The molecular weight excluding hydrogens is 238 g/mol. The first-order valence-corrected chi connectivity index (χ1v) is 5.89. The maximum Gasteiger partial charge on any atom is 0.111 e. The van der Waals surface area contributed by atoms with Gasteiger partial charge in [0, 0.05) is 5.02 Å². The van der Waals surface area contributed by atoms with Crippen LogP contribution in [0.3, 0.4) is 0 Å². The van der Waals surface area contributed by atoms with E-state index in [1.807, 2.05) is 31.2 Å². The third kappa shape index (κ3) is 3.05. The summed E-state index contributed by atoms with van der Waals surface area (Å²) in [5.41, 5.74) is 1.66. The second-order valence-electron chi connectivity index (χ2n) is 3.89. The first kappa shape index (κ1) is 12.1. The highest BCUT2D eigenvalue weighted by Gasteiger charge is 2.09. The smallest absolute Gasteiger partial charge is 0.111 e. The summed E-state index contributed by atoms with van der Waals surface area (Å²) < 4.78 is 1.69. The zero-order valence-electron chi connectivity index (χ0n) is 9.55. The fraction of sp³-hybridized carbons (Fsp3) is 0.333. The predicted molar refractivity (Wildman–Crippen MR) is 65.8 cm³/mol. The summed E-state index contributed by atoms with van der Waals surface area (Å²) in [6, 6.07) is 7.59. The van der Waals surface area contributed by atoms with E-state index in [9.17, 15) is 5.11 Å². The van der Waals surface area contributed by atoms with Crippen LogP contribution in [-0.4, -0.2) is 20.1 Å². The Morgan fingerprint density at radius 1 is 1.47 bits per heavy atom. The Morgan fingerprint density at radius 3 is 3.00 bits per heavy atom. The first-order chi connectivity index (χ1) is 8.19. The van der Waals surface area contributed by atoms with Gasteiger partial charge >= 0.3 is 0 Å². The van der Waals surface area contributed by atoms with Crippen molar-refractivity contribution in [1.82, 2.24) is 15.0 Å². The van der Waals surface area contributed by atoms with Crippen LogP contribution in [0.1, 0.15) is 30.7 Å². The highest BCUT2D eigenvalue weighted by molar-refractivity contribution is 6.30. The van der Waals surface area contributed by atoms with E-state index < -0.39 is 6.10 Å². The van der Waals surface area contributed by atoms with E-state index in [1.54, 1.807) is 10.9 Å². The molecule has 1 atom stereocenters. The van der Waals surface area contributed by atoms with Crippen molar-refractivity contribution in [2.24, 2.45) is 0 Å². The molecule has 0 bridgehead atoms. The number of hydrogen-bond acceptors (Lipinski definition) is 3. The van der Waals surface area contributed by atoms with Gasteiger partial charge in [-0.15, -0.1) is 5.10 Å². The van der Waals surface area contributed by atoms with Crippen LogP contribution in [0.2, 0.25) is 5.02 Å². The Hall–Kier alpha value is -1.39. The van der Waals surface area contributed by atoms with Crippen molar-refractivity contribution in [1.29, 1.82) is 0 Å². The molecule has 0 saturated carbocycles. The van der Waals surface area contributed by atoms with Crippen molar-refractivity contribution in [2.75, 3.05) is 0 Å². The van der Waals surface area contributed by atoms with Crippen molar-refractivity contribution in [2.45, 2.75) is 26.0 Å². The van der Waals surface area contributed by atoms with Gasteiger partial charge in [0.15, 0.2) is 0 Å². The second-order valence-corrected chi connectivity index (χ2v) is 4.33. The third-order valence-electron chi connectivity index (χ3n) is 2.52. The molecule has 2 aromatic rings. The molecule has 0 aliphatic rings. The molecule has 1 aromatic carbocycles. The van der Waals surface area contributed by atoms with Gasteiger partial charge in [-0.3, -0.25) is 0 Å². The molecule has 0 saturated heterocycles. The van der Waals surface area contributed by atoms with Gasteiger partial charge in [0.05, 0.1) is 18.8 Å². The average Bonchev–Trinajstić information content (AvgIpc) is 2.76. The van der Waals surface area contributed by atoms with Gasteiger partial charge in [-0.1, -0.05) is 35.9 Å². The van der Waals surface area contributed by atoms with Gasteiger partial charge in [-0.2, -0.15) is 0 Å². The van der Waals surface area contributed by atoms with E-state index in [0.717, 1.165) is 5.56 Å². The molecule has 0 aliphatic heterocycles. The molecule has 17 heavy (non-hydrogen) atoms. The van der Waals surface area contributed by atoms with Gasteiger partial charge in [-0.25, -0.2) is 4.68 Å². The number of rotatable bonds is 4. The molecule has 0 fully saturated rings. The summed E-state index contributed by atoms with van der Waals surface area (Å²) in [6.07, 6.45) is 1.85. The quantitative estimate of drug-likeness (QED) is 0.908. The fourth-order valence-corrected chi connectivity index (χ4v) is 1.79. The molecule has 5 heteroatoms. The molecule has 1 N–H and O–H groups in total. The Bertz CT molecular complexity index is 498. The average molecular weight is 252 g/mol. The van der Waals surface area contributed by atoms with Crippen molar-refractivity contribution in [3.8, 4) is 0 Å². The molecule has 1 heterocycles. The van der Waals surface area contributed by atoms with Crippen molar-refractivity contribution in [3.63, 3.8) is 0 Å². The highest BCUT2D eigenvalue weighted by atomic mass is 35.5. The maximum atomic E-state index is 9.62. The summed E-state index contributed by atoms with van der Waals surface area (Å²) >= 11 is 5.90. The summed E-state index contributed by atoms with van der Waals surface area (Å²) in [6.45, 7) is 2.50. The molecule has 1 aromatic heterocycles. The van der Waals surface area contributed by atoms with E-state index >= 15 is 0 Å². The topological polar surface area (TPSA) is 50.9 Å². The normalized spacial score (nSPS) is 12.6. The van der Waals surface area contributed by atoms with Crippen LogP contribution < -0.4 is 0 Å². The molecule has 0 radical (unpaired) electrons. The molecule has 4 nitrogen and oxygen atoms in total. The van der Waals surface area contributed by atoms with Gasteiger partial charge in [0.1, 0.15) is 5.69 Å². The summed E-state index contributed by atoms with van der Waals surface area (Å²) in [5, 5.41) is 18.2. The van der Waals surface area contributed by atoms with Crippen LogP contribution in [0.15, 0.2) is 30.5 Å². The van der Waals surface area contributed by atoms with E-state index in [-0.39, 0.29) is 0 Å².